The van der Waals surface area contributed by atoms with Gasteiger partial charge in [0.15, 0.2) is 0 Å². The third-order valence-corrected chi connectivity index (χ3v) is 7.76. The van der Waals surface area contributed by atoms with Crippen molar-refractivity contribution in [3.8, 4) is 11.1 Å². The van der Waals surface area contributed by atoms with Gasteiger partial charge in [-0.3, -0.25) is 19.5 Å². The highest BCUT2D eigenvalue weighted by molar-refractivity contribution is 6.04. The first-order valence-corrected chi connectivity index (χ1v) is 13.0. The maximum absolute atomic E-state index is 13.3. The van der Waals surface area contributed by atoms with Crippen LogP contribution in [0.2, 0.25) is 0 Å². The summed E-state index contributed by atoms with van der Waals surface area (Å²) >= 11 is 0. The quantitative estimate of drug-likeness (QED) is 0.383. The van der Waals surface area contributed by atoms with Crippen LogP contribution in [0.15, 0.2) is 48.7 Å². The number of carboxylic acid groups (broad SMARTS) is 1. The van der Waals surface area contributed by atoms with E-state index in [1.807, 2.05) is 44.4 Å². The zero-order chi connectivity index (χ0) is 26.1. The average Bonchev–Trinajstić information content (AvgIpc) is 3.63. The fourth-order valence-electron chi connectivity index (χ4n) is 5.40. The number of pyridine rings is 1. The molecule has 0 spiro atoms. The van der Waals surface area contributed by atoms with Crippen LogP contribution in [0.25, 0.3) is 11.1 Å². The van der Waals surface area contributed by atoms with E-state index in [9.17, 15) is 14.7 Å². The zero-order valence-electron chi connectivity index (χ0n) is 21.7. The number of anilines is 2. The third-order valence-electron chi connectivity index (χ3n) is 7.76. The van der Waals surface area contributed by atoms with Crippen LogP contribution < -0.4 is 10.6 Å². The van der Waals surface area contributed by atoms with Crippen molar-refractivity contribution >= 4 is 23.3 Å². The smallest absolute Gasteiger partial charge is 0.307 e. The van der Waals surface area contributed by atoms with Gasteiger partial charge >= 0.3 is 5.97 Å². The van der Waals surface area contributed by atoms with Gasteiger partial charge in [0.05, 0.1) is 5.92 Å². The van der Waals surface area contributed by atoms with Crippen molar-refractivity contribution < 1.29 is 14.7 Å². The van der Waals surface area contributed by atoms with E-state index in [1.54, 1.807) is 0 Å². The van der Waals surface area contributed by atoms with Crippen molar-refractivity contribution in [2.45, 2.75) is 45.6 Å². The van der Waals surface area contributed by atoms with Gasteiger partial charge in [-0.25, -0.2) is 0 Å². The molecule has 192 valence electrons. The molecular formula is C30H34N4O3. The Bertz CT molecular complexity index is 1350. The molecule has 3 aromatic rings. The van der Waals surface area contributed by atoms with E-state index in [0.717, 1.165) is 58.6 Å². The van der Waals surface area contributed by atoms with E-state index in [1.165, 1.54) is 5.56 Å². The Kier molecular flexibility index (Phi) is 6.98. The lowest BCUT2D eigenvalue weighted by Crippen LogP contribution is -2.24. The lowest BCUT2D eigenvalue weighted by atomic mass is 9.94. The van der Waals surface area contributed by atoms with Crippen LogP contribution in [0.1, 0.15) is 57.9 Å². The second-order valence-electron chi connectivity index (χ2n) is 10.3. The summed E-state index contributed by atoms with van der Waals surface area (Å²) in [6, 6.07) is 14.1. The number of carbonyl (C=O) groups excluding carboxylic acids is 1. The first kappa shape index (κ1) is 25.0. The number of nitrogens with zero attached hydrogens (tertiary/aromatic N) is 2. The van der Waals surface area contributed by atoms with Gasteiger partial charge < -0.3 is 15.7 Å². The molecule has 7 nitrogen and oxygen atoms in total. The van der Waals surface area contributed by atoms with E-state index in [-0.39, 0.29) is 11.8 Å². The first-order chi connectivity index (χ1) is 17.9. The average molecular weight is 499 g/mol. The molecule has 1 amide bonds. The van der Waals surface area contributed by atoms with Gasteiger partial charge in [0.25, 0.3) is 5.91 Å². The molecule has 1 aliphatic heterocycles. The number of aliphatic carboxylic acids is 1. The summed E-state index contributed by atoms with van der Waals surface area (Å²) in [5, 5.41) is 15.6. The predicted octanol–water partition coefficient (Wildman–Crippen LogP) is 5.44. The van der Waals surface area contributed by atoms with E-state index in [2.05, 4.69) is 45.6 Å². The number of likely N-dealkylation sites (tertiary alicyclic amines) is 1. The lowest BCUT2D eigenvalue weighted by molar-refractivity contribution is -0.141. The summed E-state index contributed by atoms with van der Waals surface area (Å²) in [4.78, 5) is 31.3. The molecule has 37 heavy (non-hydrogen) atoms. The highest BCUT2D eigenvalue weighted by atomic mass is 16.4. The molecule has 3 N–H and O–H groups in total. The van der Waals surface area contributed by atoms with E-state index >= 15 is 0 Å². The maximum atomic E-state index is 13.3. The van der Waals surface area contributed by atoms with Crippen molar-refractivity contribution in [1.29, 1.82) is 0 Å². The fraction of sp³-hybridized carbons (Fsp3) is 0.367. The number of carbonyl (C=O) groups is 2. The highest BCUT2D eigenvalue weighted by Gasteiger charge is 2.31. The maximum Gasteiger partial charge on any atom is 0.307 e. The van der Waals surface area contributed by atoms with Crippen LogP contribution in [0, 0.1) is 19.8 Å². The predicted molar refractivity (Wildman–Crippen MR) is 146 cm³/mol. The number of hydrogen-bond acceptors (Lipinski definition) is 5. The summed E-state index contributed by atoms with van der Waals surface area (Å²) in [7, 11) is 1.92. The Morgan fingerprint density at radius 1 is 1.03 bits per heavy atom. The molecule has 2 heterocycles. The summed E-state index contributed by atoms with van der Waals surface area (Å²) < 4.78 is 0. The number of nitrogens with one attached hydrogen (secondary N) is 2. The van der Waals surface area contributed by atoms with Gasteiger partial charge in [0, 0.05) is 37.7 Å². The Morgan fingerprint density at radius 3 is 2.32 bits per heavy atom. The number of carboxylic acids is 1. The molecule has 1 atom stereocenters. The van der Waals surface area contributed by atoms with Crippen molar-refractivity contribution in [3.63, 3.8) is 0 Å². The minimum atomic E-state index is -0.723. The number of amides is 1. The molecule has 5 rings (SSSR count). The van der Waals surface area contributed by atoms with Crippen LogP contribution in [0.4, 0.5) is 11.4 Å². The second kappa shape index (κ2) is 10.3. The van der Waals surface area contributed by atoms with Crippen molar-refractivity contribution in [1.82, 2.24) is 9.88 Å². The van der Waals surface area contributed by atoms with Crippen LogP contribution in [-0.2, 0) is 11.3 Å². The van der Waals surface area contributed by atoms with Crippen LogP contribution in [0.3, 0.4) is 0 Å². The van der Waals surface area contributed by atoms with Crippen LogP contribution in [-0.4, -0.2) is 47.0 Å². The minimum absolute atomic E-state index is 0.221. The number of aromatic nitrogens is 1. The highest BCUT2D eigenvalue weighted by Crippen LogP contribution is 2.42. The third kappa shape index (κ3) is 5.23. The Morgan fingerprint density at radius 2 is 1.70 bits per heavy atom. The van der Waals surface area contributed by atoms with E-state index < -0.39 is 5.97 Å². The second-order valence-corrected chi connectivity index (χ2v) is 10.3. The molecule has 1 saturated heterocycles. The molecule has 1 aliphatic carbocycles. The monoisotopic (exact) mass is 498 g/mol. The summed E-state index contributed by atoms with van der Waals surface area (Å²) in [5.74, 6) is -0.790. The molecule has 2 aliphatic rings. The molecule has 2 fully saturated rings. The van der Waals surface area contributed by atoms with Crippen LogP contribution >= 0.6 is 0 Å². The van der Waals surface area contributed by atoms with Gasteiger partial charge in [-0.05, 0) is 97.2 Å². The molecule has 0 bridgehead atoms. The lowest BCUT2D eigenvalue weighted by Gasteiger charge is -2.19. The molecule has 1 unspecified atom stereocenters. The van der Waals surface area contributed by atoms with Gasteiger partial charge in [0.1, 0.15) is 5.69 Å². The molecule has 2 aromatic carbocycles. The van der Waals surface area contributed by atoms with E-state index in [4.69, 9.17) is 0 Å². The first-order valence-electron chi connectivity index (χ1n) is 13.0. The van der Waals surface area contributed by atoms with Gasteiger partial charge in [-0.2, -0.15) is 0 Å². The van der Waals surface area contributed by atoms with Gasteiger partial charge in [-0.1, -0.05) is 24.3 Å². The van der Waals surface area contributed by atoms with Gasteiger partial charge in [0.2, 0.25) is 0 Å². The van der Waals surface area contributed by atoms with Crippen molar-refractivity contribution in [3.05, 3.63) is 76.6 Å². The standard InChI is InChI=1S/C30H34N4O3/c1-18-23(6-4-8-26(18)31-3)24-7-5-9-27(19(24)2)33-29(35)28-14-25(20-10-11-20)22(15-32-28)17-34-13-12-21(16-34)30(36)37/h4-9,14-15,20-21,31H,10-13,16-17H2,1-3H3,(H,33,35)(H,36,37). The molecule has 1 saturated carbocycles. The summed E-state index contributed by atoms with van der Waals surface area (Å²) in [6.07, 6.45) is 4.72. The number of benzene rings is 2. The van der Waals surface area contributed by atoms with Gasteiger partial charge in [-0.15, -0.1) is 0 Å². The van der Waals surface area contributed by atoms with Crippen molar-refractivity contribution in [2.75, 3.05) is 30.8 Å². The summed E-state index contributed by atoms with van der Waals surface area (Å²) in [5.41, 5.74) is 8.92. The van der Waals surface area contributed by atoms with Crippen LogP contribution in [0.5, 0.6) is 0 Å². The number of hydrogen-bond donors (Lipinski definition) is 3. The SMILES string of the molecule is CNc1cccc(-c2cccc(NC(=O)c3cc(C4CC4)c(CN4CCC(C(=O)O)C4)cn3)c2C)c1C. The normalized spacial score (nSPS) is 17.5. The van der Waals surface area contributed by atoms with Crippen molar-refractivity contribution in [2.24, 2.45) is 5.92 Å². The number of rotatable bonds is 8. The molecular weight excluding hydrogens is 464 g/mol. The Hall–Kier alpha value is -3.71. The van der Waals surface area contributed by atoms with E-state index in [0.29, 0.717) is 31.1 Å². The topological polar surface area (TPSA) is 94.6 Å². The Labute approximate surface area is 217 Å². The zero-order valence-corrected chi connectivity index (χ0v) is 21.7. The fourth-order valence-corrected chi connectivity index (χ4v) is 5.40. The summed E-state index contributed by atoms with van der Waals surface area (Å²) in [6.45, 7) is 6.14. The minimum Gasteiger partial charge on any atom is -0.481 e. The molecule has 0 radical (unpaired) electrons. The largest absolute Gasteiger partial charge is 0.481 e. The molecule has 1 aromatic heterocycles. The molecule has 7 heteroatoms. The Balaban J connectivity index is 1.36.